The van der Waals surface area contributed by atoms with Crippen molar-refractivity contribution in [1.29, 1.82) is 0 Å². The number of nitrogens with zero attached hydrogens (tertiary/aromatic N) is 4. The number of fused-ring (bicyclic) bond motifs is 1. The van der Waals surface area contributed by atoms with Gasteiger partial charge >= 0.3 is 5.97 Å². The van der Waals surface area contributed by atoms with E-state index in [0.29, 0.717) is 5.69 Å². The van der Waals surface area contributed by atoms with Gasteiger partial charge in [-0.3, -0.25) is 0 Å². The number of carboxylic acids is 1. The van der Waals surface area contributed by atoms with Gasteiger partial charge in [-0.25, -0.2) is 22.9 Å². The lowest BCUT2D eigenvalue weighted by Crippen LogP contribution is -2.24. The number of hydrogen-bond donors (Lipinski definition) is 1. The van der Waals surface area contributed by atoms with Crippen molar-refractivity contribution >= 4 is 41.1 Å². The van der Waals surface area contributed by atoms with Crippen LogP contribution in [0.25, 0.3) is 0 Å². The summed E-state index contributed by atoms with van der Waals surface area (Å²) in [6.07, 6.45) is 3.45. The Hall–Kier alpha value is -2.76. The average molecular weight is 551 g/mol. The van der Waals surface area contributed by atoms with Crippen molar-refractivity contribution < 1.29 is 23.4 Å². The third-order valence-electron chi connectivity index (χ3n) is 5.74. The fourth-order valence-corrected chi connectivity index (χ4v) is 4.97. The Morgan fingerprint density at radius 2 is 1.89 bits per heavy atom. The SMILES string of the molecule is CCC(C)(F)F.CSc1cc2c(cc1OCc1c(C(=O)O)ncn1C)SN(C)CCN2c1ccccc1. The fourth-order valence-electron chi connectivity index (χ4n) is 3.49. The first-order valence-electron chi connectivity index (χ1n) is 11.7. The van der Waals surface area contributed by atoms with Gasteiger partial charge in [0, 0.05) is 32.2 Å². The van der Waals surface area contributed by atoms with Gasteiger partial charge in [-0.1, -0.05) is 25.1 Å². The van der Waals surface area contributed by atoms with Gasteiger partial charge in [0.25, 0.3) is 0 Å². The number of likely N-dealkylation sites (N-methyl/N-ethyl adjacent to an activating group) is 1. The number of ether oxygens (including phenoxy) is 1. The maximum absolute atomic E-state index is 11.5. The molecule has 0 atom stereocenters. The summed E-state index contributed by atoms with van der Waals surface area (Å²) < 4.78 is 32.9. The molecule has 0 aliphatic carbocycles. The molecular formula is C26H32F2N4O3S2. The Kier molecular flexibility index (Phi) is 9.86. The maximum atomic E-state index is 11.5. The van der Waals surface area contributed by atoms with Crippen molar-refractivity contribution in [3.63, 3.8) is 0 Å². The highest BCUT2D eigenvalue weighted by Crippen LogP contribution is 2.44. The number of aromatic nitrogens is 2. The molecule has 0 saturated carbocycles. The number of carbonyl (C=O) groups is 1. The van der Waals surface area contributed by atoms with Gasteiger partial charge in [0.2, 0.25) is 5.92 Å². The van der Waals surface area contributed by atoms with Gasteiger partial charge < -0.3 is 19.3 Å². The molecule has 1 aromatic heterocycles. The first kappa shape index (κ1) is 28.8. The third-order valence-corrected chi connectivity index (χ3v) is 7.52. The minimum Gasteiger partial charge on any atom is -0.486 e. The second-order valence-electron chi connectivity index (χ2n) is 8.57. The van der Waals surface area contributed by atoms with Crippen molar-refractivity contribution in [2.24, 2.45) is 7.05 Å². The summed E-state index contributed by atoms with van der Waals surface area (Å²) in [5, 5.41) is 9.38. The molecule has 7 nitrogen and oxygen atoms in total. The molecule has 0 saturated heterocycles. The van der Waals surface area contributed by atoms with E-state index in [-0.39, 0.29) is 18.7 Å². The first-order valence-corrected chi connectivity index (χ1v) is 13.7. The number of para-hydroxylation sites is 1. The second kappa shape index (κ2) is 12.7. The lowest BCUT2D eigenvalue weighted by molar-refractivity contribution is 0.0181. The molecule has 11 heteroatoms. The molecule has 2 heterocycles. The summed E-state index contributed by atoms with van der Waals surface area (Å²) in [4.78, 5) is 19.9. The molecule has 4 rings (SSSR count). The molecule has 2 aromatic carbocycles. The third kappa shape index (κ3) is 7.62. The number of carboxylic acid groups (broad SMARTS) is 1. The summed E-state index contributed by atoms with van der Waals surface area (Å²) >= 11 is 3.30. The van der Waals surface area contributed by atoms with Crippen LogP contribution in [0.15, 0.2) is 58.6 Å². The average Bonchev–Trinajstić information content (AvgIpc) is 3.15. The summed E-state index contributed by atoms with van der Waals surface area (Å²) in [5.74, 6) is -2.78. The minimum absolute atomic E-state index is 0.0207. The zero-order valence-electron chi connectivity index (χ0n) is 21.6. The Morgan fingerprint density at radius 1 is 1.22 bits per heavy atom. The van der Waals surface area contributed by atoms with Crippen LogP contribution in [0.1, 0.15) is 36.5 Å². The molecule has 0 unspecified atom stereocenters. The number of hydrogen-bond acceptors (Lipinski definition) is 7. The summed E-state index contributed by atoms with van der Waals surface area (Å²) in [7, 11) is 3.86. The zero-order valence-corrected chi connectivity index (χ0v) is 23.2. The molecule has 1 aliphatic heterocycles. The standard InChI is InChI=1S/C22H24N4O3S2.C4H8F2/c1-24-14-23-21(22(27)28)17(24)13-29-18-12-19-16(11-20(18)30-3)26(10-9-25(2)31-19)15-7-5-4-6-8-15;1-3-4(2,5)6/h4-8,11-12,14H,9-10,13H2,1-3H3,(H,27,28);3H2,1-2H3. The molecule has 0 radical (unpaired) electrons. The molecule has 0 fully saturated rings. The quantitative estimate of drug-likeness (QED) is 0.262. The van der Waals surface area contributed by atoms with Crippen LogP contribution in [0.4, 0.5) is 20.2 Å². The van der Waals surface area contributed by atoms with Gasteiger partial charge in [0.15, 0.2) is 5.69 Å². The van der Waals surface area contributed by atoms with Gasteiger partial charge in [0.1, 0.15) is 12.4 Å². The number of anilines is 2. The number of aryl methyl sites for hydroxylation is 1. The molecule has 1 aliphatic rings. The number of thioether (sulfide) groups is 1. The second-order valence-corrected chi connectivity index (χ2v) is 10.7. The monoisotopic (exact) mass is 550 g/mol. The van der Waals surface area contributed by atoms with E-state index in [1.54, 1.807) is 35.3 Å². The van der Waals surface area contributed by atoms with Crippen LogP contribution >= 0.6 is 23.7 Å². The molecule has 3 aromatic rings. The van der Waals surface area contributed by atoms with Crippen molar-refractivity contribution in [3.05, 3.63) is 60.2 Å². The fraction of sp³-hybridized carbons (Fsp3) is 0.385. The number of benzene rings is 2. The van der Waals surface area contributed by atoms with Crippen LogP contribution in [0, 0.1) is 0 Å². The molecule has 37 heavy (non-hydrogen) atoms. The normalized spacial score (nSPS) is 13.9. The van der Waals surface area contributed by atoms with Crippen LogP contribution in [-0.4, -0.2) is 57.2 Å². The van der Waals surface area contributed by atoms with Crippen molar-refractivity contribution in [2.75, 3.05) is 31.3 Å². The number of aromatic carboxylic acids is 1. The summed E-state index contributed by atoms with van der Waals surface area (Å²) in [6, 6.07) is 14.6. The zero-order chi connectivity index (χ0) is 27.2. The number of halogens is 2. The van der Waals surface area contributed by atoms with Gasteiger partial charge in [0.05, 0.1) is 27.5 Å². The van der Waals surface area contributed by atoms with Crippen molar-refractivity contribution in [2.45, 2.75) is 42.6 Å². The van der Waals surface area contributed by atoms with E-state index in [1.165, 1.54) is 13.3 Å². The first-order chi connectivity index (χ1) is 17.5. The van der Waals surface area contributed by atoms with E-state index in [2.05, 4.69) is 57.6 Å². The Balaban J connectivity index is 0.000000568. The highest BCUT2D eigenvalue weighted by molar-refractivity contribution is 7.98. The number of imidazole rings is 1. The number of alkyl halides is 2. The largest absolute Gasteiger partial charge is 0.486 e. The van der Waals surface area contributed by atoms with Crippen LogP contribution in [-0.2, 0) is 13.7 Å². The lowest BCUT2D eigenvalue weighted by atomic mass is 10.2. The minimum atomic E-state index is -2.46. The maximum Gasteiger partial charge on any atom is 0.356 e. The molecule has 0 spiro atoms. The Bertz CT molecular complexity index is 1200. The molecule has 1 N–H and O–H groups in total. The van der Waals surface area contributed by atoms with Gasteiger partial charge in [-0.05, 0) is 56.4 Å². The summed E-state index contributed by atoms with van der Waals surface area (Å²) in [5.41, 5.74) is 2.85. The lowest BCUT2D eigenvalue weighted by Gasteiger charge is -2.25. The van der Waals surface area contributed by atoms with Crippen LogP contribution in [0.3, 0.4) is 0 Å². The predicted molar refractivity (Wildman–Crippen MR) is 146 cm³/mol. The highest BCUT2D eigenvalue weighted by atomic mass is 32.2. The van der Waals surface area contributed by atoms with Gasteiger partial charge in [-0.2, -0.15) is 0 Å². The van der Waals surface area contributed by atoms with Crippen LogP contribution in [0.5, 0.6) is 5.75 Å². The van der Waals surface area contributed by atoms with Crippen LogP contribution in [0.2, 0.25) is 0 Å². The van der Waals surface area contributed by atoms with E-state index in [4.69, 9.17) is 4.74 Å². The highest BCUT2D eigenvalue weighted by Gasteiger charge is 2.23. The molecular weight excluding hydrogens is 518 g/mol. The van der Waals surface area contributed by atoms with Gasteiger partial charge in [-0.15, -0.1) is 11.8 Å². The van der Waals surface area contributed by atoms with E-state index >= 15 is 0 Å². The predicted octanol–water partition coefficient (Wildman–Crippen LogP) is 6.56. The number of rotatable bonds is 7. The van der Waals surface area contributed by atoms with E-state index in [0.717, 1.165) is 46.9 Å². The topological polar surface area (TPSA) is 70.8 Å². The molecule has 0 bridgehead atoms. The summed E-state index contributed by atoms with van der Waals surface area (Å²) in [6.45, 7) is 4.29. The molecule has 0 amide bonds. The molecule has 200 valence electrons. The van der Waals surface area contributed by atoms with E-state index in [9.17, 15) is 18.7 Å². The van der Waals surface area contributed by atoms with Crippen LogP contribution < -0.4 is 9.64 Å². The van der Waals surface area contributed by atoms with E-state index < -0.39 is 11.9 Å². The van der Waals surface area contributed by atoms with E-state index in [1.807, 2.05) is 12.3 Å². The smallest absolute Gasteiger partial charge is 0.356 e. The van der Waals surface area contributed by atoms with Crippen molar-refractivity contribution in [1.82, 2.24) is 13.9 Å². The van der Waals surface area contributed by atoms with Crippen molar-refractivity contribution in [3.8, 4) is 5.75 Å². The Morgan fingerprint density at radius 3 is 2.49 bits per heavy atom. The Labute approximate surface area is 225 Å².